The van der Waals surface area contributed by atoms with Crippen LogP contribution >= 0.6 is 0 Å². The number of hydrogen-bond donors (Lipinski definition) is 0. The van der Waals surface area contributed by atoms with Gasteiger partial charge in [0.05, 0.1) is 0 Å². The standard InChI is InChI=1S/C16H22/c1-5-6-14-10-15(13-7-8-13)9-12(4)16(14)11(2)3/h5-6,9-11,13H,7-8H2,1-4H3/b6-5-. The van der Waals surface area contributed by atoms with Gasteiger partial charge in [-0.05, 0) is 60.8 Å². The SMILES string of the molecule is C/C=C\c1cc(C2CC2)cc(C)c1C(C)C. The Bertz CT molecular complexity index is 406. The zero-order valence-corrected chi connectivity index (χ0v) is 10.9. The Morgan fingerprint density at radius 3 is 2.44 bits per heavy atom. The maximum absolute atomic E-state index is 2.40. The fourth-order valence-corrected chi connectivity index (χ4v) is 2.61. The minimum Gasteiger partial charge on any atom is -0.0871 e. The van der Waals surface area contributed by atoms with Gasteiger partial charge in [0, 0.05) is 0 Å². The second-order valence-corrected chi connectivity index (χ2v) is 5.27. The van der Waals surface area contributed by atoms with E-state index in [1.165, 1.54) is 29.5 Å². The van der Waals surface area contributed by atoms with Crippen LogP contribution in [0.25, 0.3) is 6.08 Å². The maximum Gasteiger partial charge on any atom is -0.0161 e. The molecule has 2 rings (SSSR count). The molecular weight excluding hydrogens is 192 g/mol. The Kier molecular flexibility index (Phi) is 3.18. The van der Waals surface area contributed by atoms with Gasteiger partial charge in [0.25, 0.3) is 0 Å². The molecule has 0 unspecified atom stereocenters. The summed E-state index contributed by atoms with van der Waals surface area (Å²) in [7, 11) is 0. The Balaban J connectivity index is 2.50. The van der Waals surface area contributed by atoms with E-state index in [0.29, 0.717) is 5.92 Å². The molecule has 0 aromatic heterocycles. The number of benzene rings is 1. The smallest absolute Gasteiger partial charge is 0.0161 e. The molecule has 0 amide bonds. The Morgan fingerprint density at radius 1 is 1.25 bits per heavy atom. The van der Waals surface area contributed by atoms with Crippen LogP contribution in [0.15, 0.2) is 18.2 Å². The Labute approximate surface area is 99.4 Å². The van der Waals surface area contributed by atoms with Crippen LogP contribution in [0, 0.1) is 6.92 Å². The van der Waals surface area contributed by atoms with E-state index < -0.39 is 0 Å². The third kappa shape index (κ3) is 2.21. The second-order valence-electron chi connectivity index (χ2n) is 5.27. The largest absolute Gasteiger partial charge is 0.0871 e. The molecule has 0 aliphatic heterocycles. The molecule has 16 heavy (non-hydrogen) atoms. The minimum absolute atomic E-state index is 0.611. The lowest BCUT2D eigenvalue weighted by molar-refractivity contribution is 0.851. The predicted octanol–water partition coefficient (Wildman–Crippen LogP) is 5.03. The second kappa shape index (κ2) is 4.45. The van der Waals surface area contributed by atoms with Crippen LogP contribution in [0.2, 0.25) is 0 Å². The molecule has 0 nitrogen and oxygen atoms in total. The number of allylic oxidation sites excluding steroid dienone is 1. The molecule has 0 radical (unpaired) electrons. The lowest BCUT2D eigenvalue weighted by atomic mass is 9.89. The number of hydrogen-bond acceptors (Lipinski definition) is 0. The summed E-state index contributed by atoms with van der Waals surface area (Å²) in [5, 5.41) is 0. The fraction of sp³-hybridized carbons (Fsp3) is 0.500. The van der Waals surface area contributed by atoms with E-state index in [9.17, 15) is 0 Å². The zero-order chi connectivity index (χ0) is 11.7. The van der Waals surface area contributed by atoms with Crippen molar-refractivity contribution in [1.82, 2.24) is 0 Å². The molecule has 1 saturated carbocycles. The summed E-state index contributed by atoms with van der Waals surface area (Å²) in [5.41, 5.74) is 5.96. The van der Waals surface area contributed by atoms with Gasteiger partial charge in [-0.2, -0.15) is 0 Å². The third-order valence-corrected chi connectivity index (χ3v) is 3.41. The summed E-state index contributed by atoms with van der Waals surface area (Å²) in [5.74, 6) is 1.46. The summed E-state index contributed by atoms with van der Waals surface area (Å²) in [4.78, 5) is 0. The van der Waals surface area contributed by atoms with E-state index in [-0.39, 0.29) is 0 Å². The number of aryl methyl sites for hydroxylation is 1. The van der Waals surface area contributed by atoms with E-state index >= 15 is 0 Å². The highest BCUT2D eigenvalue weighted by atomic mass is 14.3. The lowest BCUT2D eigenvalue weighted by Gasteiger charge is -2.16. The molecule has 86 valence electrons. The van der Waals surface area contributed by atoms with Crippen LogP contribution < -0.4 is 0 Å². The van der Waals surface area contributed by atoms with Crippen molar-refractivity contribution in [2.24, 2.45) is 0 Å². The quantitative estimate of drug-likeness (QED) is 0.662. The van der Waals surface area contributed by atoms with Crippen molar-refractivity contribution in [3.63, 3.8) is 0 Å². The van der Waals surface area contributed by atoms with Crippen molar-refractivity contribution in [3.05, 3.63) is 40.5 Å². The Morgan fingerprint density at radius 2 is 1.94 bits per heavy atom. The highest BCUT2D eigenvalue weighted by Gasteiger charge is 2.24. The van der Waals surface area contributed by atoms with E-state index in [1.54, 1.807) is 5.56 Å². The predicted molar refractivity (Wildman–Crippen MR) is 72.0 cm³/mol. The molecule has 0 atom stereocenters. The molecule has 0 heterocycles. The van der Waals surface area contributed by atoms with Crippen molar-refractivity contribution in [1.29, 1.82) is 0 Å². The molecule has 1 fully saturated rings. The summed E-state index contributed by atoms with van der Waals surface area (Å²) in [6, 6.07) is 4.81. The summed E-state index contributed by atoms with van der Waals surface area (Å²) < 4.78 is 0. The van der Waals surface area contributed by atoms with E-state index in [0.717, 1.165) is 5.92 Å². The molecular formula is C16H22. The van der Waals surface area contributed by atoms with Gasteiger partial charge in [-0.3, -0.25) is 0 Å². The first-order valence-electron chi connectivity index (χ1n) is 6.40. The normalized spacial score (nSPS) is 16.3. The first-order valence-corrected chi connectivity index (χ1v) is 6.40. The van der Waals surface area contributed by atoms with E-state index in [1.807, 2.05) is 0 Å². The molecule has 1 aliphatic carbocycles. The zero-order valence-electron chi connectivity index (χ0n) is 10.9. The first-order chi connectivity index (χ1) is 7.63. The minimum atomic E-state index is 0.611. The van der Waals surface area contributed by atoms with Gasteiger partial charge >= 0.3 is 0 Å². The van der Waals surface area contributed by atoms with E-state index in [2.05, 4.69) is 52.0 Å². The van der Waals surface area contributed by atoms with Gasteiger partial charge < -0.3 is 0 Å². The highest BCUT2D eigenvalue weighted by Crippen LogP contribution is 2.42. The summed E-state index contributed by atoms with van der Waals surface area (Å²) in [6.45, 7) is 8.93. The van der Waals surface area contributed by atoms with Gasteiger partial charge in [0.15, 0.2) is 0 Å². The fourth-order valence-electron chi connectivity index (χ4n) is 2.61. The lowest BCUT2D eigenvalue weighted by Crippen LogP contribution is -1.98. The molecule has 1 aromatic rings. The molecule has 1 aromatic carbocycles. The topological polar surface area (TPSA) is 0 Å². The van der Waals surface area contributed by atoms with Gasteiger partial charge in [0.2, 0.25) is 0 Å². The van der Waals surface area contributed by atoms with Gasteiger partial charge in [0.1, 0.15) is 0 Å². The van der Waals surface area contributed by atoms with Gasteiger partial charge in [-0.25, -0.2) is 0 Å². The maximum atomic E-state index is 2.40. The number of rotatable bonds is 3. The van der Waals surface area contributed by atoms with Crippen molar-refractivity contribution in [2.75, 3.05) is 0 Å². The Hall–Kier alpha value is -1.04. The van der Waals surface area contributed by atoms with Crippen LogP contribution in [-0.4, -0.2) is 0 Å². The van der Waals surface area contributed by atoms with E-state index in [4.69, 9.17) is 0 Å². The average molecular weight is 214 g/mol. The highest BCUT2D eigenvalue weighted by molar-refractivity contribution is 5.59. The van der Waals surface area contributed by atoms with Crippen LogP contribution in [0.1, 0.15) is 67.7 Å². The first kappa shape index (κ1) is 11.4. The van der Waals surface area contributed by atoms with Crippen LogP contribution in [0.4, 0.5) is 0 Å². The van der Waals surface area contributed by atoms with Crippen LogP contribution in [-0.2, 0) is 0 Å². The van der Waals surface area contributed by atoms with Crippen molar-refractivity contribution < 1.29 is 0 Å². The van der Waals surface area contributed by atoms with Gasteiger partial charge in [-0.1, -0.05) is 38.1 Å². The molecule has 1 aliphatic rings. The van der Waals surface area contributed by atoms with Crippen molar-refractivity contribution >= 4 is 6.08 Å². The molecule has 0 bridgehead atoms. The summed E-state index contributed by atoms with van der Waals surface area (Å²) in [6.07, 6.45) is 7.18. The van der Waals surface area contributed by atoms with Crippen molar-refractivity contribution in [3.8, 4) is 0 Å². The molecule has 0 saturated heterocycles. The molecule has 0 N–H and O–H groups in total. The summed E-state index contributed by atoms with van der Waals surface area (Å²) >= 11 is 0. The van der Waals surface area contributed by atoms with Crippen LogP contribution in [0.3, 0.4) is 0 Å². The third-order valence-electron chi connectivity index (χ3n) is 3.41. The van der Waals surface area contributed by atoms with Gasteiger partial charge in [-0.15, -0.1) is 0 Å². The molecule has 0 heteroatoms. The van der Waals surface area contributed by atoms with Crippen molar-refractivity contribution in [2.45, 2.75) is 52.4 Å². The monoisotopic (exact) mass is 214 g/mol. The average Bonchev–Trinajstić information content (AvgIpc) is 2.99. The molecule has 0 spiro atoms. The van der Waals surface area contributed by atoms with Crippen LogP contribution in [0.5, 0.6) is 0 Å².